The van der Waals surface area contributed by atoms with Crippen LogP contribution in [0, 0.1) is 5.82 Å². The van der Waals surface area contributed by atoms with Crippen molar-refractivity contribution in [2.75, 3.05) is 0 Å². The van der Waals surface area contributed by atoms with Gasteiger partial charge in [0.15, 0.2) is 5.69 Å². The van der Waals surface area contributed by atoms with Crippen LogP contribution < -0.4 is 5.43 Å². The molecule has 1 heterocycles. The molecule has 3 rings (SSSR count). The van der Waals surface area contributed by atoms with Crippen molar-refractivity contribution in [1.29, 1.82) is 0 Å². The van der Waals surface area contributed by atoms with Crippen LogP contribution in [0.15, 0.2) is 65.9 Å². The van der Waals surface area contributed by atoms with Crippen molar-refractivity contribution >= 4 is 23.7 Å². The molecule has 1 amide bonds. The van der Waals surface area contributed by atoms with Gasteiger partial charge in [-0.05, 0) is 41.5 Å². The molecule has 0 unspecified atom stereocenters. The quantitative estimate of drug-likeness (QED) is 0.562. The van der Waals surface area contributed by atoms with E-state index in [1.807, 2.05) is 12.1 Å². The molecule has 1 aromatic heterocycles. The van der Waals surface area contributed by atoms with E-state index in [1.54, 1.807) is 41.2 Å². The van der Waals surface area contributed by atoms with Crippen molar-refractivity contribution in [3.63, 3.8) is 0 Å². The van der Waals surface area contributed by atoms with E-state index in [0.717, 1.165) is 5.56 Å². The first-order chi connectivity index (χ1) is 12.1. The molecule has 0 spiro atoms. The predicted octanol–water partition coefficient (Wildman–Crippen LogP) is 3.49. The van der Waals surface area contributed by atoms with E-state index in [-0.39, 0.29) is 11.5 Å². The second-order valence-corrected chi connectivity index (χ2v) is 5.71. The second kappa shape index (κ2) is 7.72. The lowest BCUT2D eigenvalue weighted by molar-refractivity contribution is 0.0949. The smallest absolute Gasteiger partial charge is 0.268 e. The summed E-state index contributed by atoms with van der Waals surface area (Å²) in [6, 6.07) is 14.8. The summed E-state index contributed by atoms with van der Waals surface area (Å²) >= 11 is 5.85. The van der Waals surface area contributed by atoms with Crippen molar-refractivity contribution in [3.05, 3.63) is 88.5 Å². The average Bonchev–Trinajstić information content (AvgIpc) is 3.07. The van der Waals surface area contributed by atoms with E-state index < -0.39 is 5.91 Å². The van der Waals surface area contributed by atoms with Gasteiger partial charge in [0.25, 0.3) is 5.91 Å². The summed E-state index contributed by atoms with van der Waals surface area (Å²) in [7, 11) is 0. The fourth-order valence-corrected chi connectivity index (χ4v) is 2.25. The van der Waals surface area contributed by atoms with Crippen molar-refractivity contribution in [1.82, 2.24) is 15.2 Å². The summed E-state index contributed by atoms with van der Waals surface area (Å²) in [5, 5.41) is 8.72. The summed E-state index contributed by atoms with van der Waals surface area (Å²) < 4.78 is 14.5. The SMILES string of the molecule is O=C(N/N=C\c1ccc(F)cc1)c1ccn(Cc2ccc(Cl)cc2)n1. The lowest BCUT2D eigenvalue weighted by Crippen LogP contribution is -2.18. The van der Waals surface area contributed by atoms with Crippen LogP contribution in [0.2, 0.25) is 5.02 Å². The summed E-state index contributed by atoms with van der Waals surface area (Å²) in [6.45, 7) is 0.531. The van der Waals surface area contributed by atoms with Gasteiger partial charge in [0.2, 0.25) is 0 Å². The Balaban J connectivity index is 1.58. The highest BCUT2D eigenvalue weighted by Crippen LogP contribution is 2.10. The molecule has 0 aliphatic heterocycles. The van der Waals surface area contributed by atoms with Gasteiger partial charge in [-0.2, -0.15) is 10.2 Å². The van der Waals surface area contributed by atoms with Crippen LogP contribution in [0.1, 0.15) is 21.6 Å². The number of hydrazone groups is 1. The van der Waals surface area contributed by atoms with E-state index in [0.29, 0.717) is 17.1 Å². The standard InChI is InChI=1S/C18H14ClFN4O/c19-15-5-1-14(2-6-15)12-24-10-9-17(23-24)18(25)22-21-11-13-3-7-16(20)8-4-13/h1-11H,12H2,(H,22,25)/b21-11-. The van der Waals surface area contributed by atoms with Gasteiger partial charge in [-0.25, -0.2) is 9.82 Å². The summed E-state index contributed by atoms with van der Waals surface area (Å²) in [4.78, 5) is 12.0. The van der Waals surface area contributed by atoms with Crippen molar-refractivity contribution in [2.45, 2.75) is 6.54 Å². The van der Waals surface area contributed by atoms with Gasteiger partial charge in [0.05, 0.1) is 12.8 Å². The molecule has 1 N–H and O–H groups in total. The van der Waals surface area contributed by atoms with Crippen LogP contribution in [0.3, 0.4) is 0 Å². The fraction of sp³-hybridized carbons (Fsp3) is 0.0556. The fourth-order valence-electron chi connectivity index (χ4n) is 2.12. The molecule has 0 atom stereocenters. The first-order valence-electron chi connectivity index (χ1n) is 7.47. The Morgan fingerprint density at radius 2 is 1.88 bits per heavy atom. The van der Waals surface area contributed by atoms with Gasteiger partial charge < -0.3 is 0 Å². The number of benzene rings is 2. The first-order valence-corrected chi connectivity index (χ1v) is 7.85. The van der Waals surface area contributed by atoms with Gasteiger partial charge >= 0.3 is 0 Å². The molecule has 7 heteroatoms. The number of aromatic nitrogens is 2. The van der Waals surface area contributed by atoms with Crippen LogP contribution in [-0.2, 0) is 6.54 Å². The lowest BCUT2D eigenvalue weighted by Gasteiger charge is -2.02. The largest absolute Gasteiger partial charge is 0.291 e. The van der Waals surface area contributed by atoms with Gasteiger partial charge in [0.1, 0.15) is 5.82 Å². The molecule has 25 heavy (non-hydrogen) atoms. The zero-order valence-electron chi connectivity index (χ0n) is 13.1. The number of hydrogen-bond donors (Lipinski definition) is 1. The average molecular weight is 357 g/mol. The molecular weight excluding hydrogens is 343 g/mol. The summed E-state index contributed by atoms with van der Waals surface area (Å²) in [5.74, 6) is -0.749. The van der Waals surface area contributed by atoms with E-state index in [2.05, 4.69) is 15.6 Å². The van der Waals surface area contributed by atoms with Crippen LogP contribution in [0.25, 0.3) is 0 Å². The molecule has 126 valence electrons. The molecule has 0 saturated carbocycles. The van der Waals surface area contributed by atoms with Crippen molar-refractivity contribution in [3.8, 4) is 0 Å². The highest BCUT2D eigenvalue weighted by atomic mass is 35.5. The monoisotopic (exact) mass is 356 g/mol. The minimum atomic E-state index is -0.423. The molecule has 0 fully saturated rings. The third-order valence-corrected chi connectivity index (χ3v) is 3.63. The molecule has 0 bridgehead atoms. The van der Waals surface area contributed by atoms with E-state index >= 15 is 0 Å². The molecular formula is C18H14ClFN4O. The third-order valence-electron chi connectivity index (χ3n) is 3.38. The maximum absolute atomic E-state index is 12.8. The van der Waals surface area contributed by atoms with Crippen LogP contribution in [0.5, 0.6) is 0 Å². The maximum atomic E-state index is 12.8. The lowest BCUT2D eigenvalue weighted by atomic mass is 10.2. The molecule has 0 aliphatic carbocycles. The van der Waals surface area contributed by atoms with E-state index in [1.165, 1.54) is 18.3 Å². The number of nitrogens with one attached hydrogen (secondary N) is 1. The predicted molar refractivity (Wildman–Crippen MR) is 94.2 cm³/mol. The highest BCUT2D eigenvalue weighted by molar-refractivity contribution is 6.30. The Labute approximate surface area is 148 Å². The topological polar surface area (TPSA) is 59.3 Å². The molecule has 0 radical (unpaired) electrons. The van der Waals surface area contributed by atoms with E-state index in [9.17, 15) is 9.18 Å². The van der Waals surface area contributed by atoms with Crippen LogP contribution >= 0.6 is 11.6 Å². The summed E-state index contributed by atoms with van der Waals surface area (Å²) in [5.41, 5.74) is 4.34. The molecule has 3 aromatic rings. The minimum absolute atomic E-state index is 0.255. The van der Waals surface area contributed by atoms with Crippen molar-refractivity contribution < 1.29 is 9.18 Å². The molecule has 2 aromatic carbocycles. The van der Waals surface area contributed by atoms with Gasteiger partial charge in [-0.3, -0.25) is 9.48 Å². The number of amides is 1. The zero-order valence-corrected chi connectivity index (χ0v) is 13.8. The third kappa shape index (κ3) is 4.74. The number of halogens is 2. The van der Waals surface area contributed by atoms with Crippen LogP contribution in [-0.4, -0.2) is 21.9 Å². The Morgan fingerprint density at radius 3 is 2.60 bits per heavy atom. The van der Waals surface area contributed by atoms with E-state index in [4.69, 9.17) is 11.6 Å². The first kappa shape index (κ1) is 16.9. The maximum Gasteiger partial charge on any atom is 0.291 e. The highest BCUT2D eigenvalue weighted by Gasteiger charge is 2.08. The normalized spacial score (nSPS) is 11.0. The minimum Gasteiger partial charge on any atom is -0.268 e. The number of hydrogen-bond acceptors (Lipinski definition) is 3. The second-order valence-electron chi connectivity index (χ2n) is 5.28. The van der Waals surface area contributed by atoms with Crippen LogP contribution in [0.4, 0.5) is 4.39 Å². The number of carbonyl (C=O) groups is 1. The van der Waals surface area contributed by atoms with Crippen molar-refractivity contribution in [2.24, 2.45) is 5.10 Å². The molecule has 5 nitrogen and oxygen atoms in total. The zero-order chi connectivity index (χ0) is 17.6. The Kier molecular flexibility index (Phi) is 5.20. The van der Waals surface area contributed by atoms with Gasteiger partial charge in [-0.1, -0.05) is 35.9 Å². The Morgan fingerprint density at radius 1 is 1.16 bits per heavy atom. The van der Waals surface area contributed by atoms with Gasteiger partial charge in [-0.15, -0.1) is 0 Å². The Bertz CT molecular complexity index is 888. The number of nitrogens with zero attached hydrogens (tertiary/aromatic N) is 3. The van der Waals surface area contributed by atoms with Gasteiger partial charge in [0, 0.05) is 11.2 Å². The number of carbonyl (C=O) groups excluding carboxylic acids is 1. The number of rotatable bonds is 5. The molecule has 0 aliphatic rings. The molecule has 0 saturated heterocycles. The summed E-state index contributed by atoms with van der Waals surface area (Å²) in [6.07, 6.45) is 3.15. The Hall–Kier alpha value is -2.99.